The van der Waals surface area contributed by atoms with Crippen LogP contribution in [0.15, 0.2) is 30.3 Å². The molecule has 1 N–H and O–H groups in total. The van der Waals surface area contributed by atoms with Gasteiger partial charge >= 0.3 is 0 Å². The molecule has 0 bridgehead atoms. The second kappa shape index (κ2) is 7.49. The lowest BCUT2D eigenvalue weighted by atomic mass is 10.1. The quantitative estimate of drug-likeness (QED) is 0.802. The smallest absolute Gasteiger partial charge is 0.233 e. The van der Waals surface area contributed by atoms with Gasteiger partial charge in [0.1, 0.15) is 0 Å². The third kappa shape index (κ3) is 5.35. The maximum absolute atomic E-state index is 11.6. The second-order valence-electron chi connectivity index (χ2n) is 4.31. The first-order valence-corrected chi connectivity index (χ1v) is 7.03. The lowest BCUT2D eigenvalue weighted by molar-refractivity contribution is -0.121. The summed E-state index contributed by atoms with van der Waals surface area (Å²) in [5.41, 5.74) is 1.32. The Bertz CT molecular complexity index is 339. The molecule has 0 radical (unpaired) electrons. The minimum atomic E-state index is -0.0679. The molecule has 1 amide bonds. The highest BCUT2D eigenvalue weighted by Gasteiger charge is 2.14. The molecule has 2 atom stereocenters. The summed E-state index contributed by atoms with van der Waals surface area (Å²) < 4.78 is 0. The Balaban J connectivity index is 2.30. The van der Waals surface area contributed by atoms with Crippen LogP contribution in [0.4, 0.5) is 0 Å². The van der Waals surface area contributed by atoms with Crippen LogP contribution in [0.25, 0.3) is 0 Å². The average molecular weight is 298 g/mol. The molecule has 94 valence electrons. The minimum Gasteiger partial charge on any atom is -0.353 e. The zero-order valence-corrected chi connectivity index (χ0v) is 12.0. The molecule has 2 nitrogen and oxygen atoms in total. The Morgan fingerprint density at radius 2 is 2.00 bits per heavy atom. The van der Waals surface area contributed by atoms with E-state index in [1.165, 1.54) is 5.56 Å². The van der Waals surface area contributed by atoms with E-state index in [1.54, 1.807) is 0 Å². The summed E-state index contributed by atoms with van der Waals surface area (Å²) in [7, 11) is 0. The van der Waals surface area contributed by atoms with E-state index in [0.717, 1.165) is 19.3 Å². The molecule has 0 unspecified atom stereocenters. The van der Waals surface area contributed by atoms with Crippen LogP contribution in [0.3, 0.4) is 0 Å². The van der Waals surface area contributed by atoms with E-state index >= 15 is 0 Å². The fourth-order valence-corrected chi connectivity index (χ4v) is 1.75. The number of halogens is 1. The third-order valence-corrected chi connectivity index (χ3v) is 3.80. The van der Waals surface area contributed by atoms with Crippen LogP contribution >= 0.6 is 15.9 Å². The van der Waals surface area contributed by atoms with Crippen LogP contribution in [0.5, 0.6) is 0 Å². The van der Waals surface area contributed by atoms with E-state index in [1.807, 2.05) is 25.1 Å². The molecule has 1 rings (SSSR count). The van der Waals surface area contributed by atoms with Crippen LogP contribution in [0, 0.1) is 0 Å². The van der Waals surface area contributed by atoms with Gasteiger partial charge in [-0.1, -0.05) is 53.2 Å². The molecular formula is C14H20BrNO. The van der Waals surface area contributed by atoms with Crippen molar-refractivity contribution in [1.29, 1.82) is 0 Å². The molecule has 1 aromatic carbocycles. The van der Waals surface area contributed by atoms with Gasteiger partial charge in [-0.15, -0.1) is 0 Å². The number of hydrogen-bond acceptors (Lipinski definition) is 1. The van der Waals surface area contributed by atoms with E-state index in [9.17, 15) is 4.79 Å². The summed E-state index contributed by atoms with van der Waals surface area (Å²) in [4.78, 5) is 11.6. The summed E-state index contributed by atoms with van der Waals surface area (Å²) in [5, 5.41) is 3.02. The van der Waals surface area contributed by atoms with E-state index < -0.39 is 0 Å². The van der Waals surface area contributed by atoms with Crippen LogP contribution in [-0.2, 0) is 11.2 Å². The van der Waals surface area contributed by atoms with E-state index in [-0.39, 0.29) is 16.8 Å². The van der Waals surface area contributed by atoms with Crippen LogP contribution in [0.1, 0.15) is 32.3 Å². The predicted octanol–water partition coefficient (Wildman–Crippen LogP) is 3.30. The first kappa shape index (κ1) is 14.2. The Labute approximate surface area is 112 Å². The topological polar surface area (TPSA) is 29.1 Å². The van der Waals surface area contributed by atoms with E-state index in [4.69, 9.17) is 0 Å². The maximum atomic E-state index is 11.6. The molecule has 17 heavy (non-hydrogen) atoms. The van der Waals surface area contributed by atoms with E-state index in [0.29, 0.717) is 0 Å². The third-order valence-electron chi connectivity index (χ3n) is 2.74. The van der Waals surface area contributed by atoms with Gasteiger partial charge in [0.2, 0.25) is 5.91 Å². The lowest BCUT2D eigenvalue weighted by Crippen LogP contribution is -2.37. The molecule has 0 aromatic heterocycles. The summed E-state index contributed by atoms with van der Waals surface area (Å²) in [6, 6.07) is 10.6. The summed E-state index contributed by atoms with van der Waals surface area (Å²) >= 11 is 3.35. The Hall–Kier alpha value is -0.830. The summed E-state index contributed by atoms with van der Waals surface area (Å²) in [6.07, 6.45) is 2.79. The van der Waals surface area contributed by atoms with Gasteiger partial charge in [-0.2, -0.15) is 0 Å². The van der Waals surface area contributed by atoms with Crippen molar-refractivity contribution in [3.05, 3.63) is 35.9 Å². The number of benzene rings is 1. The second-order valence-corrected chi connectivity index (χ2v) is 5.42. The average Bonchev–Trinajstić information content (AvgIpc) is 2.36. The van der Waals surface area contributed by atoms with Crippen LogP contribution < -0.4 is 5.32 Å². The number of carbonyl (C=O) groups excluding carboxylic acids is 1. The zero-order chi connectivity index (χ0) is 12.7. The minimum absolute atomic E-state index is 0.0679. The highest BCUT2D eigenvalue weighted by Crippen LogP contribution is 2.07. The highest BCUT2D eigenvalue weighted by molar-refractivity contribution is 9.10. The van der Waals surface area contributed by atoms with Crippen molar-refractivity contribution < 1.29 is 4.79 Å². The molecule has 0 fully saturated rings. The molecule has 3 heteroatoms. The fraction of sp³-hybridized carbons (Fsp3) is 0.500. The number of rotatable bonds is 6. The SMILES string of the molecule is CC[C@@H](Br)C(=O)N[C@H](C)CCc1ccccc1. The highest BCUT2D eigenvalue weighted by atomic mass is 79.9. The van der Waals surface area contributed by atoms with Crippen LogP contribution in [0.2, 0.25) is 0 Å². The van der Waals surface area contributed by atoms with Gasteiger partial charge in [0.25, 0.3) is 0 Å². The van der Waals surface area contributed by atoms with Crippen molar-refractivity contribution in [3.63, 3.8) is 0 Å². The van der Waals surface area contributed by atoms with Crippen molar-refractivity contribution in [2.45, 2.75) is 44.0 Å². The van der Waals surface area contributed by atoms with Crippen molar-refractivity contribution in [3.8, 4) is 0 Å². The monoisotopic (exact) mass is 297 g/mol. The molecule has 0 aliphatic carbocycles. The van der Waals surface area contributed by atoms with Gasteiger partial charge in [0.15, 0.2) is 0 Å². The molecule has 0 saturated carbocycles. The number of aryl methyl sites for hydroxylation is 1. The molecule has 0 aliphatic heterocycles. The number of alkyl halides is 1. The Kier molecular flexibility index (Phi) is 6.27. The van der Waals surface area contributed by atoms with Crippen molar-refractivity contribution in [2.75, 3.05) is 0 Å². The maximum Gasteiger partial charge on any atom is 0.233 e. The van der Waals surface area contributed by atoms with Gasteiger partial charge in [-0.05, 0) is 31.7 Å². The molecule has 0 spiro atoms. The lowest BCUT2D eigenvalue weighted by Gasteiger charge is -2.15. The van der Waals surface area contributed by atoms with Gasteiger partial charge in [-0.3, -0.25) is 4.79 Å². The zero-order valence-electron chi connectivity index (χ0n) is 10.4. The Morgan fingerprint density at radius 1 is 1.35 bits per heavy atom. The van der Waals surface area contributed by atoms with Crippen LogP contribution in [-0.4, -0.2) is 16.8 Å². The predicted molar refractivity (Wildman–Crippen MR) is 75.4 cm³/mol. The normalized spacial score (nSPS) is 14.1. The molecule has 0 saturated heterocycles. The first-order chi connectivity index (χ1) is 8.13. The summed E-state index contributed by atoms with van der Waals surface area (Å²) in [6.45, 7) is 4.05. The number of hydrogen-bond donors (Lipinski definition) is 1. The van der Waals surface area contributed by atoms with Gasteiger partial charge in [0.05, 0.1) is 4.83 Å². The number of amides is 1. The number of nitrogens with one attached hydrogen (secondary N) is 1. The first-order valence-electron chi connectivity index (χ1n) is 6.11. The molecule has 1 aromatic rings. The number of carbonyl (C=O) groups is 1. The fourth-order valence-electron chi connectivity index (χ4n) is 1.62. The van der Waals surface area contributed by atoms with E-state index in [2.05, 4.69) is 40.3 Å². The molecule has 0 aliphatic rings. The standard InChI is InChI=1S/C14H20BrNO/c1-3-13(15)14(17)16-11(2)9-10-12-7-5-4-6-8-12/h4-8,11,13H,3,9-10H2,1-2H3,(H,16,17)/t11-,13-/m1/s1. The van der Waals surface area contributed by atoms with Crippen molar-refractivity contribution in [2.24, 2.45) is 0 Å². The van der Waals surface area contributed by atoms with Crippen molar-refractivity contribution in [1.82, 2.24) is 5.32 Å². The molecular weight excluding hydrogens is 278 g/mol. The Morgan fingerprint density at radius 3 is 2.59 bits per heavy atom. The van der Waals surface area contributed by atoms with Gasteiger partial charge in [-0.25, -0.2) is 0 Å². The largest absolute Gasteiger partial charge is 0.353 e. The van der Waals surface area contributed by atoms with Crippen molar-refractivity contribution >= 4 is 21.8 Å². The molecule has 0 heterocycles. The van der Waals surface area contributed by atoms with Gasteiger partial charge < -0.3 is 5.32 Å². The van der Waals surface area contributed by atoms with Gasteiger partial charge in [0, 0.05) is 6.04 Å². The summed E-state index contributed by atoms with van der Waals surface area (Å²) in [5.74, 6) is 0.0908.